The fourth-order valence-electron chi connectivity index (χ4n) is 2.32. The van der Waals surface area contributed by atoms with Crippen LogP contribution in [0.15, 0.2) is 0 Å². The van der Waals surface area contributed by atoms with Crippen molar-refractivity contribution in [3.8, 4) is 0 Å². The summed E-state index contributed by atoms with van der Waals surface area (Å²) in [5.41, 5.74) is 0. The number of hydrogen-bond donors (Lipinski definition) is 2. The predicted molar refractivity (Wildman–Crippen MR) is 87.1 cm³/mol. The molecule has 0 aliphatic carbocycles. The third-order valence-corrected chi connectivity index (χ3v) is 3.53. The average molecular weight is 327 g/mol. The molecule has 0 fully saturated rings. The van der Waals surface area contributed by atoms with E-state index in [2.05, 4.69) is 0 Å². The second-order valence-corrected chi connectivity index (χ2v) is 5.53. The first-order valence-corrected chi connectivity index (χ1v) is 8.06. The number of rotatable bonds is 15. The molecule has 0 amide bonds. The van der Waals surface area contributed by atoms with E-state index in [0.29, 0.717) is 12.8 Å². The van der Waals surface area contributed by atoms with Crippen molar-refractivity contribution in [2.24, 2.45) is 0 Å². The molecule has 0 heterocycles. The van der Waals surface area contributed by atoms with E-state index in [1.807, 2.05) is 0 Å². The van der Waals surface area contributed by atoms with Gasteiger partial charge in [0.2, 0.25) is 0 Å². The maximum atomic E-state index is 10.3. The zero-order chi connectivity index (χ0) is 15.1. The quantitative estimate of drug-likeness (QED) is 0.353. The molecule has 0 aromatic rings. The van der Waals surface area contributed by atoms with E-state index in [-0.39, 0.29) is 51.4 Å². The van der Waals surface area contributed by atoms with Crippen LogP contribution >= 0.6 is 0 Å². The Morgan fingerprint density at radius 1 is 0.476 bits per heavy atom. The van der Waals surface area contributed by atoms with Gasteiger partial charge >= 0.3 is 63.3 Å². The maximum absolute atomic E-state index is 10.3. The summed E-state index contributed by atoms with van der Waals surface area (Å²) >= 11 is 0. The molecule has 0 rings (SSSR count). The molecule has 0 aliphatic heterocycles. The van der Waals surface area contributed by atoms with E-state index in [1.54, 1.807) is 0 Å². The standard InChI is InChI=1S/C16H30O4.K.H/c17-15(18)13-11-9-7-5-3-1-2-4-6-8-10-12-14-16(19)20;;/h1-14H2,(H,17,18)(H,19,20);;. The molecule has 0 aromatic carbocycles. The molecule has 5 heteroatoms. The van der Waals surface area contributed by atoms with Gasteiger partial charge in [-0.05, 0) is 12.8 Å². The van der Waals surface area contributed by atoms with Crippen molar-refractivity contribution in [3.63, 3.8) is 0 Å². The van der Waals surface area contributed by atoms with Gasteiger partial charge in [0.15, 0.2) is 0 Å². The average Bonchev–Trinajstić information content (AvgIpc) is 2.38. The zero-order valence-corrected chi connectivity index (χ0v) is 12.6. The number of hydrogen-bond acceptors (Lipinski definition) is 2. The van der Waals surface area contributed by atoms with E-state index in [4.69, 9.17) is 10.2 Å². The van der Waals surface area contributed by atoms with Crippen LogP contribution in [0.4, 0.5) is 0 Å². The molecule has 4 nitrogen and oxygen atoms in total. The van der Waals surface area contributed by atoms with Crippen molar-refractivity contribution in [1.82, 2.24) is 0 Å². The summed E-state index contributed by atoms with van der Waals surface area (Å²) in [6.45, 7) is 0. The van der Waals surface area contributed by atoms with Crippen LogP contribution in [0.5, 0.6) is 0 Å². The molecule has 0 saturated heterocycles. The second-order valence-electron chi connectivity index (χ2n) is 5.53. The Kier molecular flexibility index (Phi) is 21.1. The van der Waals surface area contributed by atoms with Gasteiger partial charge in [0.25, 0.3) is 0 Å². The normalized spacial score (nSPS) is 10.1. The number of carboxylic acids is 2. The van der Waals surface area contributed by atoms with Crippen molar-refractivity contribution >= 4 is 63.3 Å². The van der Waals surface area contributed by atoms with Gasteiger partial charge in [-0.25, -0.2) is 0 Å². The van der Waals surface area contributed by atoms with Crippen LogP contribution in [0.1, 0.15) is 89.9 Å². The fraction of sp³-hybridized carbons (Fsp3) is 0.875. The summed E-state index contributed by atoms with van der Waals surface area (Å²) in [5.74, 6) is -1.37. The molecular weight excluding hydrogens is 295 g/mol. The summed E-state index contributed by atoms with van der Waals surface area (Å²) in [4.78, 5) is 20.6. The van der Waals surface area contributed by atoms with Crippen LogP contribution in [0.25, 0.3) is 0 Å². The van der Waals surface area contributed by atoms with Crippen molar-refractivity contribution in [2.45, 2.75) is 89.9 Å². The minimum atomic E-state index is -0.687. The van der Waals surface area contributed by atoms with E-state index in [1.165, 1.54) is 38.5 Å². The molecule has 21 heavy (non-hydrogen) atoms. The molecular formula is C16H31KO4. The van der Waals surface area contributed by atoms with Gasteiger partial charge in [-0.3, -0.25) is 9.59 Å². The van der Waals surface area contributed by atoms with Gasteiger partial charge in [-0.1, -0.05) is 64.2 Å². The van der Waals surface area contributed by atoms with Gasteiger partial charge in [0.1, 0.15) is 0 Å². The van der Waals surface area contributed by atoms with Crippen LogP contribution < -0.4 is 0 Å². The summed E-state index contributed by atoms with van der Waals surface area (Å²) in [6.07, 6.45) is 14.1. The Labute approximate surface area is 171 Å². The van der Waals surface area contributed by atoms with Crippen molar-refractivity contribution in [3.05, 3.63) is 0 Å². The molecule has 0 spiro atoms. The first kappa shape index (κ1) is 23.8. The van der Waals surface area contributed by atoms with E-state index in [9.17, 15) is 9.59 Å². The minimum absolute atomic E-state index is 0. The van der Waals surface area contributed by atoms with Gasteiger partial charge in [0, 0.05) is 12.8 Å². The van der Waals surface area contributed by atoms with Crippen LogP contribution in [-0.2, 0) is 9.59 Å². The topological polar surface area (TPSA) is 74.6 Å². The van der Waals surface area contributed by atoms with E-state index < -0.39 is 11.9 Å². The third kappa shape index (κ3) is 23.0. The van der Waals surface area contributed by atoms with Crippen LogP contribution in [0.3, 0.4) is 0 Å². The predicted octanol–water partition coefficient (Wildman–Crippen LogP) is 3.97. The van der Waals surface area contributed by atoms with Crippen molar-refractivity contribution in [1.29, 1.82) is 0 Å². The van der Waals surface area contributed by atoms with Crippen molar-refractivity contribution < 1.29 is 19.8 Å². The van der Waals surface area contributed by atoms with Gasteiger partial charge in [0.05, 0.1) is 0 Å². The summed E-state index contributed by atoms with van der Waals surface area (Å²) in [5, 5.41) is 17.0. The van der Waals surface area contributed by atoms with Crippen LogP contribution in [-0.4, -0.2) is 73.5 Å². The molecule has 2 N–H and O–H groups in total. The molecule has 0 aliphatic rings. The van der Waals surface area contributed by atoms with Gasteiger partial charge < -0.3 is 10.2 Å². The molecule has 0 saturated carbocycles. The fourth-order valence-corrected chi connectivity index (χ4v) is 2.32. The Balaban J connectivity index is 0. The summed E-state index contributed by atoms with van der Waals surface area (Å²) in [7, 11) is 0. The van der Waals surface area contributed by atoms with E-state index in [0.717, 1.165) is 38.5 Å². The van der Waals surface area contributed by atoms with Crippen LogP contribution in [0, 0.1) is 0 Å². The number of carbonyl (C=O) groups is 2. The molecule has 0 bridgehead atoms. The molecule has 0 aromatic heterocycles. The first-order valence-electron chi connectivity index (χ1n) is 8.06. The number of unbranched alkanes of at least 4 members (excludes halogenated alkanes) is 11. The second kappa shape index (κ2) is 18.6. The van der Waals surface area contributed by atoms with Gasteiger partial charge in [-0.2, -0.15) is 0 Å². The summed E-state index contributed by atoms with van der Waals surface area (Å²) in [6, 6.07) is 0. The van der Waals surface area contributed by atoms with E-state index >= 15 is 0 Å². The molecule has 120 valence electrons. The third-order valence-electron chi connectivity index (χ3n) is 3.53. The zero-order valence-electron chi connectivity index (χ0n) is 12.6. The number of carboxylic acid groups (broad SMARTS) is 2. The SMILES string of the molecule is O=C(O)CCCCCCCCCCCCCCC(=O)O.[KH]. The monoisotopic (exact) mass is 326 g/mol. The first-order chi connectivity index (χ1) is 9.63. The molecule has 0 radical (unpaired) electrons. The Bertz CT molecular complexity index is 231. The summed E-state index contributed by atoms with van der Waals surface area (Å²) < 4.78 is 0. The van der Waals surface area contributed by atoms with Gasteiger partial charge in [-0.15, -0.1) is 0 Å². The van der Waals surface area contributed by atoms with Crippen LogP contribution in [0.2, 0.25) is 0 Å². The van der Waals surface area contributed by atoms with Crippen molar-refractivity contribution in [2.75, 3.05) is 0 Å². The molecule has 0 atom stereocenters. The Morgan fingerprint density at radius 3 is 0.857 bits per heavy atom. The Hall–Kier alpha value is 0.576. The number of aliphatic carboxylic acids is 2. The molecule has 0 unspecified atom stereocenters. The Morgan fingerprint density at radius 2 is 0.667 bits per heavy atom.